The summed E-state index contributed by atoms with van der Waals surface area (Å²) >= 11 is 0. The van der Waals surface area contributed by atoms with E-state index in [1.165, 1.54) is 0 Å². The van der Waals surface area contributed by atoms with Crippen LogP contribution in [0.2, 0.25) is 0 Å². The lowest BCUT2D eigenvalue weighted by molar-refractivity contribution is 0.771. The third-order valence-corrected chi connectivity index (χ3v) is 1.87. The first-order valence-corrected chi connectivity index (χ1v) is 4.36. The highest BCUT2D eigenvalue weighted by Gasteiger charge is 1.96. The molecule has 0 radical (unpaired) electrons. The van der Waals surface area contributed by atoms with Crippen LogP contribution in [0.25, 0.3) is 0 Å². The zero-order chi connectivity index (χ0) is 9.97. The van der Waals surface area contributed by atoms with Crippen molar-refractivity contribution in [3.8, 4) is 0 Å². The van der Waals surface area contributed by atoms with Crippen molar-refractivity contribution in [2.45, 2.75) is 0 Å². The molecule has 0 amide bonds. The zero-order valence-electron chi connectivity index (χ0n) is 7.94. The predicted octanol–water partition coefficient (Wildman–Crippen LogP) is 1.75. The molecule has 0 unspecified atom stereocenters. The van der Waals surface area contributed by atoms with E-state index in [4.69, 9.17) is 5.73 Å². The number of nitrogen functional groups attached to an aromatic ring is 1. The van der Waals surface area contributed by atoms with Crippen molar-refractivity contribution < 1.29 is 0 Å². The molecule has 0 bridgehead atoms. The zero-order valence-corrected chi connectivity index (χ0v) is 7.94. The van der Waals surface area contributed by atoms with Crippen LogP contribution < -0.4 is 11.1 Å². The maximum absolute atomic E-state index is 5.65. The topological polar surface area (TPSA) is 55.9 Å². The Balaban J connectivity index is 2.18. The molecule has 1 aromatic carbocycles. The summed E-state index contributed by atoms with van der Waals surface area (Å²) in [4.78, 5) is 0. The van der Waals surface area contributed by atoms with Crippen molar-refractivity contribution in [3.63, 3.8) is 0 Å². The quantitative estimate of drug-likeness (QED) is 0.706. The lowest BCUT2D eigenvalue weighted by atomic mass is 10.3. The molecule has 1 aromatic heterocycles. The third-order valence-electron chi connectivity index (χ3n) is 1.87. The van der Waals surface area contributed by atoms with Crippen LogP contribution in [0.4, 0.5) is 17.2 Å². The maximum Gasteiger partial charge on any atom is 0.152 e. The summed E-state index contributed by atoms with van der Waals surface area (Å²) in [5, 5.41) is 7.35. The molecule has 0 spiro atoms. The molecule has 72 valence electrons. The second-order valence-electron chi connectivity index (χ2n) is 3.13. The third kappa shape index (κ3) is 1.85. The fourth-order valence-corrected chi connectivity index (χ4v) is 1.25. The first-order valence-electron chi connectivity index (χ1n) is 4.36. The minimum absolute atomic E-state index is 0.742. The number of rotatable bonds is 2. The highest BCUT2D eigenvalue weighted by Crippen LogP contribution is 2.16. The van der Waals surface area contributed by atoms with Crippen LogP contribution >= 0.6 is 0 Å². The van der Waals surface area contributed by atoms with E-state index in [1.54, 1.807) is 4.68 Å². The van der Waals surface area contributed by atoms with Crippen LogP contribution in [0, 0.1) is 0 Å². The Kier molecular flexibility index (Phi) is 2.10. The SMILES string of the molecule is Cn1ccc(Nc2cccc(N)c2)n1. The second-order valence-corrected chi connectivity index (χ2v) is 3.13. The predicted molar refractivity (Wildman–Crippen MR) is 57.3 cm³/mol. The van der Waals surface area contributed by atoms with Crippen LogP contribution in [0.1, 0.15) is 0 Å². The molecule has 0 saturated heterocycles. The van der Waals surface area contributed by atoms with E-state index < -0.39 is 0 Å². The Labute approximate surface area is 82.4 Å². The van der Waals surface area contributed by atoms with Gasteiger partial charge in [-0.3, -0.25) is 4.68 Å². The number of benzene rings is 1. The van der Waals surface area contributed by atoms with Crippen LogP contribution in [0.3, 0.4) is 0 Å². The molecule has 2 aromatic rings. The Morgan fingerprint density at radius 1 is 1.36 bits per heavy atom. The van der Waals surface area contributed by atoms with E-state index in [1.807, 2.05) is 43.6 Å². The van der Waals surface area contributed by atoms with E-state index in [0.29, 0.717) is 0 Å². The molecular formula is C10H12N4. The fraction of sp³-hybridized carbons (Fsp3) is 0.100. The average molecular weight is 188 g/mol. The number of nitrogens with zero attached hydrogens (tertiary/aromatic N) is 2. The molecule has 3 N–H and O–H groups in total. The molecule has 0 atom stereocenters. The van der Waals surface area contributed by atoms with E-state index in [9.17, 15) is 0 Å². The monoisotopic (exact) mass is 188 g/mol. The standard InChI is InChI=1S/C10H12N4/c1-14-6-5-10(13-14)12-9-4-2-3-8(11)7-9/h2-7H,11H2,1H3,(H,12,13). The van der Waals surface area contributed by atoms with Gasteiger partial charge in [-0.2, -0.15) is 5.10 Å². The number of nitrogens with one attached hydrogen (secondary N) is 1. The molecule has 0 saturated carbocycles. The van der Waals surface area contributed by atoms with Crippen LogP contribution in [-0.4, -0.2) is 9.78 Å². The van der Waals surface area contributed by atoms with Gasteiger partial charge in [0.15, 0.2) is 5.82 Å². The highest BCUT2D eigenvalue weighted by molar-refractivity contribution is 5.60. The van der Waals surface area contributed by atoms with Gasteiger partial charge in [0.25, 0.3) is 0 Å². The summed E-state index contributed by atoms with van der Waals surface area (Å²) in [6, 6.07) is 9.48. The van der Waals surface area contributed by atoms with Gasteiger partial charge in [0.05, 0.1) is 0 Å². The van der Waals surface area contributed by atoms with Crippen molar-refractivity contribution in [1.82, 2.24) is 9.78 Å². The summed E-state index contributed by atoms with van der Waals surface area (Å²) in [5.41, 5.74) is 7.34. The summed E-state index contributed by atoms with van der Waals surface area (Å²) in [6.07, 6.45) is 1.88. The molecule has 0 fully saturated rings. The largest absolute Gasteiger partial charge is 0.399 e. The van der Waals surface area contributed by atoms with Crippen molar-refractivity contribution in [2.75, 3.05) is 11.1 Å². The molecular weight excluding hydrogens is 176 g/mol. The van der Waals surface area contributed by atoms with Gasteiger partial charge in [-0.1, -0.05) is 6.07 Å². The number of hydrogen-bond acceptors (Lipinski definition) is 3. The number of anilines is 3. The Morgan fingerprint density at radius 2 is 2.21 bits per heavy atom. The summed E-state index contributed by atoms with van der Waals surface area (Å²) < 4.78 is 1.74. The van der Waals surface area contributed by atoms with E-state index in [0.717, 1.165) is 17.2 Å². The van der Waals surface area contributed by atoms with Gasteiger partial charge in [0, 0.05) is 30.7 Å². The Bertz CT molecular complexity index is 433. The second kappa shape index (κ2) is 3.41. The molecule has 1 heterocycles. The fourth-order valence-electron chi connectivity index (χ4n) is 1.25. The summed E-state index contributed by atoms with van der Waals surface area (Å²) in [5.74, 6) is 0.818. The smallest absolute Gasteiger partial charge is 0.152 e. The molecule has 0 aliphatic heterocycles. The lowest BCUT2D eigenvalue weighted by Gasteiger charge is -2.02. The van der Waals surface area contributed by atoms with Crippen molar-refractivity contribution >= 4 is 17.2 Å². The summed E-state index contributed by atoms with van der Waals surface area (Å²) in [6.45, 7) is 0. The molecule has 0 aliphatic rings. The molecule has 4 heteroatoms. The van der Waals surface area contributed by atoms with E-state index in [-0.39, 0.29) is 0 Å². The van der Waals surface area contributed by atoms with Crippen molar-refractivity contribution in [2.24, 2.45) is 7.05 Å². The molecule has 0 aliphatic carbocycles. The number of hydrogen-bond donors (Lipinski definition) is 2. The number of nitrogens with two attached hydrogens (primary N) is 1. The van der Waals surface area contributed by atoms with Gasteiger partial charge in [0.2, 0.25) is 0 Å². The minimum Gasteiger partial charge on any atom is -0.399 e. The highest BCUT2D eigenvalue weighted by atomic mass is 15.3. The molecule has 4 nitrogen and oxygen atoms in total. The van der Waals surface area contributed by atoms with Gasteiger partial charge in [0.1, 0.15) is 0 Å². The van der Waals surface area contributed by atoms with Crippen molar-refractivity contribution in [3.05, 3.63) is 36.5 Å². The first kappa shape index (κ1) is 8.62. The molecule has 2 rings (SSSR count). The average Bonchev–Trinajstić information content (AvgIpc) is 2.51. The first-order chi connectivity index (χ1) is 6.74. The lowest BCUT2D eigenvalue weighted by Crippen LogP contribution is -1.94. The van der Waals surface area contributed by atoms with E-state index >= 15 is 0 Å². The minimum atomic E-state index is 0.742. The Hall–Kier alpha value is -1.97. The van der Waals surface area contributed by atoms with Gasteiger partial charge < -0.3 is 11.1 Å². The van der Waals surface area contributed by atoms with Crippen LogP contribution in [-0.2, 0) is 7.05 Å². The van der Waals surface area contributed by atoms with Crippen molar-refractivity contribution in [1.29, 1.82) is 0 Å². The molecule has 14 heavy (non-hydrogen) atoms. The van der Waals surface area contributed by atoms with Crippen LogP contribution in [0.5, 0.6) is 0 Å². The van der Waals surface area contributed by atoms with Gasteiger partial charge in [-0.25, -0.2) is 0 Å². The van der Waals surface area contributed by atoms with Gasteiger partial charge in [-0.05, 0) is 18.2 Å². The number of aromatic nitrogens is 2. The summed E-state index contributed by atoms with van der Waals surface area (Å²) in [7, 11) is 1.88. The van der Waals surface area contributed by atoms with Gasteiger partial charge >= 0.3 is 0 Å². The normalized spacial score (nSPS) is 10.1. The maximum atomic E-state index is 5.65. The Morgan fingerprint density at radius 3 is 2.86 bits per heavy atom. The number of aryl methyl sites for hydroxylation is 1. The van der Waals surface area contributed by atoms with E-state index in [2.05, 4.69) is 10.4 Å². The van der Waals surface area contributed by atoms with Gasteiger partial charge in [-0.15, -0.1) is 0 Å². The van der Waals surface area contributed by atoms with Crippen LogP contribution in [0.15, 0.2) is 36.5 Å².